The van der Waals surface area contributed by atoms with E-state index in [-0.39, 0.29) is 28.4 Å². The van der Waals surface area contributed by atoms with Crippen LogP contribution in [0.3, 0.4) is 0 Å². The lowest BCUT2D eigenvalue weighted by Crippen LogP contribution is -2.20. The number of aromatic amines is 1. The number of rotatable bonds is 7. The van der Waals surface area contributed by atoms with Gasteiger partial charge in [-0.15, -0.1) is 21.5 Å². The van der Waals surface area contributed by atoms with Crippen LogP contribution in [0, 0.1) is 0 Å². The zero-order valence-corrected chi connectivity index (χ0v) is 19.9. The standard InChI is InChI=1S/C22H22N6O4S2/c1-11(29)24-14-8-4-2-6-12(14)18-20(32)26-22(28-27-18)33-10-16(30)25-21-17(19(23)31)13-7-3-5-9-15(13)34-21/h2,4,6,8H,3,5,7,9-10H2,1H3,(H2,23,31)(H,24,29)(H,25,30)(H,26,28,32). The fourth-order valence-electron chi connectivity index (χ4n) is 3.76. The van der Waals surface area contributed by atoms with Gasteiger partial charge in [0.1, 0.15) is 5.00 Å². The lowest BCUT2D eigenvalue weighted by atomic mass is 9.95. The van der Waals surface area contributed by atoms with E-state index in [4.69, 9.17) is 5.73 Å². The monoisotopic (exact) mass is 498 g/mol. The lowest BCUT2D eigenvalue weighted by molar-refractivity contribution is -0.114. The molecule has 2 aromatic heterocycles. The molecule has 3 amide bonds. The van der Waals surface area contributed by atoms with Gasteiger partial charge in [0.25, 0.3) is 11.5 Å². The number of benzene rings is 1. The van der Waals surface area contributed by atoms with Crippen LogP contribution in [0.5, 0.6) is 0 Å². The topological polar surface area (TPSA) is 160 Å². The van der Waals surface area contributed by atoms with Gasteiger partial charge in [-0.3, -0.25) is 24.2 Å². The zero-order chi connectivity index (χ0) is 24.2. The van der Waals surface area contributed by atoms with E-state index < -0.39 is 11.5 Å². The number of nitrogens with zero attached hydrogens (tertiary/aromatic N) is 2. The molecule has 1 aromatic carbocycles. The molecule has 176 valence electrons. The molecule has 1 aliphatic carbocycles. The summed E-state index contributed by atoms with van der Waals surface area (Å²) in [6.07, 6.45) is 3.69. The van der Waals surface area contributed by atoms with Gasteiger partial charge in [0.2, 0.25) is 11.8 Å². The van der Waals surface area contributed by atoms with Gasteiger partial charge < -0.3 is 16.4 Å². The highest BCUT2D eigenvalue weighted by Gasteiger charge is 2.25. The van der Waals surface area contributed by atoms with E-state index in [9.17, 15) is 19.2 Å². The van der Waals surface area contributed by atoms with Crippen molar-refractivity contribution in [3.8, 4) is 11.3 Å². The Morgan fingerprint density at radius 2 is 1.91 bits per heavy atom. The van der Waals surface area contributed by atoms with E-state index >= 15 is 0 Å². The highest BCUT2D eigenvalue weighted by Crippen LogP contribution is 2.38. The van der Waals surface area contributed by atoms with Crippen molar-refractivity contribution in [1.29, 1.82) is 0 Å². The molecular formula is C22H22N6O4S2. The molecule has 34 heavy (non-hydrogen) atoms. The minimum Gasteiger partial charge on any atom is -0.365 e. The van der Waals surface area contributed by atoms with Gasteiger partial charge in [0, 0.05) is 17.4 Å². The summed E-state index contributed by atoms with van der Waals surface area (Å²) in [5, 5.41) is 14.1. The molecule has 0 aliphatic heterocycles. The Morgan fingerprint density at radius 3 is 2.65 bits per heavy atom. The molecule has 0 spiro atoms. The second-order valence-electron chi connectivity index (χ2n) is 7.65. The van der Waals surface area contributed by atoms with Crippen LogP contribution in [-0.4, -0.2) is 38.7 Å². The third kappa shape index (κ3) is 5.18. The van der Waals surface area contributed by atoms with Crippen molar-refractivity contribution >= 4 is 51.5 Å². The summed E-state index contributed by atoms with van der Waals surface area (Å²) in [5.41, 5.74) is 7.33. The average molecular weight is 499 g/mol. The summed E-state index contributed by atoms with van der Waals surface area (Å²) in [6, 6.07) is 6.76. The van der Waals surface area contributed by atoms with Crippen LogP contribution in [0.15, 0.2) is 34.2 Å². The molecule has 4 rings (SSSR count). The van der Waals surface area contributed by atoms with Gasteiger partial charge in [0.15, 0.2) is 10.9 Å². The molecule has 12 heteroatoms. The first-order valence-electron chi connectivity index (χ1n) is 10.5. The number of nitrogens with two attached hydrogens (primary N) is 1. The third-order valence-corrected chi connectivity index (χ3v) is 7.25. The summed E-state index contributed by atoms with van der Waals surface area (Å²) >= 11 is 2.40. The number of hydrogen-bond acceptors (Lipinski definition) is 8. The molecule has 10 nitrogen and oxygen atoms in total. The highest BCUT2D eigenvalue weighted by atomic mass is 32.2. The van der Waals surface area contributed by atoms with Crippen LogP contribution in [-0.2, 0) is 22.4 Å². The number of nitrogens with one attached hydrogen (secondary N) is 3. The van der Waals surface area contributed by atoms with E-state index in [2.05, 4.69) is 25.8 Å². The Kier molecular flexibility index (Phi) is 7.08. The Morgan fingerprint density at radius 1 is 1.15 bits per heavy atom. The van der Waals surface area contributed by atoms with Crippen LogP contribution >= 0.6 is 23.1 Å². The smallest absolute Gasteiger partial charge is 0.278 e. The van der Waals surface area contributed by atoms with E-state index in [1.165, 1.54) is 18.3 Å². The Labute approximate surface area is 202 Å². The minimum absolute atomic E-state index is 0.0484. The summed E-state index contributed by atoms with van der Waals surface area (Å²) in [6.45, 7) is 1.37. The number of hydrogen-bond donors (Lipinski definition) is 4. The number of aromatic nitrogens is 3. The first-order chi connectivity index (χ1) is 16.3. The molecule has 0 atom stereocenters. The zero-order valence-electron chi connectivity index (χ0n) is 18.3. The molecule has 5 N–H and O–H groups in total. The number of para-hydroxylation sites is 1. The number of carbonyl (C=O) groups is 3. The highest BCUT2D eigenvalue weighted by molar-refractivity contribution is 7.99. The van der Waals surface area contributed by atoms with Crippen molar-refractivity contribution < 1.29 is 14.4 Å². The largest absolute Gasteiger partial charge is 0.365 e. The van der Waals surface area contributed by atoms with Crippen LogP contribution < -0.4 is 21.9 Å². The Bertz CT molecular complexity index is 1330. The Hall–Kier alpha value is -3.51. The Balaban J connectivity index is 1.45. The van der Waals surface area contributed by atoms with Gasteiger partial charge in [-0.05, 0) is 37.3 Å². The van der Waals surface area contributed by atoms with Gasteiger partial charge in [-0.1, -0.05) is 30.0 Å². The number of fused-ring (bicyclic) bond motifs is 1. The first kappa shape index (κ1) is 23.6. The number of H-pyrrole nitrogens is 1. The molecule has 2 heterocycles. The summed E-state index contributed by atoms with van der Waals surface area (Å²) in [4.78, 5) is 52.3. The second-order valence-corrected chi connectivity index (χ2v) is 9.72. The number of anilines is 2. The van der Waals surface area contributed by atoms with Gasteiger partial charge in [0.05, 0.1) is 17.0 Å². The number of thiophene rings is 1. The summed E-state index contributed by atoms with van der Waals surface area (Å²) < 4.78 is 0. The predicted molar refractivity (Wildman–Crippen MR) is 131 cm³/mol. The fraction of sp³-hybridized carbons (Fsp3) is 0.273. The van der Waals surface area contributed by atoms with Crippen molar-refractivity contribution in [2.24, 2.45) is 5.73 Å². The normalized spacial score (nSPS) is 12.6. The fourth-order valence-corrected chi connectivity index (χ4v) is 5.68. The minimum atomic E-state index is -0.548. The molecule has 0 radical (unpaired) electrons. The van der Waals surface area contributed by atoms with Crippen molar-refractivity contribution in [2.75, 3.05) is 16.4 Å². The number of thioether (sulfide) groups is 1. The second kappa shape index (κ2) is 10.2. The average Bonchev–Trinajstić information content (AvgIpc) is 3.16. The molecule has 3 aromatic rings. The molecule has 0 saturated heterocycles. The molecule has 0 fully saturated rings. The van der Waals surface area contributed by atoms with Crippen LogP contribution in [0.4, 0.5) is 10.7 Å². The number of aryl methyl sites for hydroxylation is 1. The van der Waals surface area contributed by atoms with E-state index in [0.29, 0.717) is 21.8 Å². The van der Waals surface area contributed by atoms with Crippen LogP contribution in [0.1, 0.15) is 40.6 Å². The number of primary amides is 1. The van der Waals surface area contributed by atoms with Gasteiger partial charge >= 0.3 is 0 Å². The maximum absolute atomic E-state index is 12.6. The summed E-state index contributed by atoms with van der Waals surface area (Å²) in [5.74, 6) is -1.23. The van der Waals surface area contributed by atoms with E-state index in [1.807, 2.05) is 0 Å². The quantitative estimate of drug-likeness (QED) is 0.364. The molecule has 0 unspecified atom stereocenters. The number of carbonyl (C=O) groups excluding carboxylic acids is 3. The lowest BCUT2D eigenvalue weighted by Gasteiger charge is -2.11. The molecular weight excluding hydrogens is 476 g/mol. The van der Waals surface area contributed by atoms with Crippen molar-refractivity contribution in [3.63, 3.8) is 0 Å². The van der Waals surface area contributed by atoms with Gasteiger partial charge in [-0.2, -0.15) is 0 Å². The maximum atomic E-state index is 12.6. The molecule has 1 aliphatic rings. The van der Waals surface area contributed by atoms with E-state index in [0.717, 1.165) is 47.9 Å². The van der Waals surface area contributed by atoms with Crippen molar-refractivity contribution in [1.82, 2.24) is 15.2 Å². The SMILES string of the molecule is CC(=O)Nc1ccccc1-c1nnc(SCC(=O)Nc2sc3c(c2C(N)=O)CCCC3)[nH]c1=O. The number of amides is 3. The molecule has 0 saturated carbocycles. The maximum Gasteiger partial charge on any atom is 0.278 e. The van der Waals surface area contributed by atoms with Crippen LogP contribution in [0.2, 0.25) is 0 Å². The van der Waals surface area contributed by atoms with Crippen LogP contribution in [0.25, 0.3) is 11.3 Å². The van der Waals surface area contributed by atoms with E-state index in [1.54, 1.807) is 24.3 Å². The van der Waals surface area contributed by atoms with Crippen molar-refractivity contribution in [3.05, 3.63) is 50.6 Å². The molecule has 0 bridgehead atoms. The third-order valence-electron chi connectivity index (χ3n) is 5.18. The summed E-state index contributed by atoms with van der Waals surface area (Å²) in [7, 11) is 0. The predicted octanol–water partition coefficient (Wildman–Crippen LogP) is 2.56. The van der Waals surface area contributed by atoms with Crippen molar-refractivity contribution in [2.45, 2.75) is 37.8 Å². The first-order valence-corrected chi connectivity index (χ1v) is 12.3. The van der Waals surface area contributed by atoms with Gasteiger partial charge in [-0.25, -0.2) is 0 Å².